The third kappa shape index (κ3) is 3.51. The van der Waals surface area contributed by atoms with Crippen LogP contribution in [0.1, 0.15) is 64.5 Å². The summed E-state index contributed by atoms with van der Waals surface area (Å²) in [6.45, 7) is 8.80. The highest BCUT2D eigenvalue weighted by atomic mass is 16.5. The number of ether oxygens (including phenoxy) is 2. The van der Waals surface area contributed by atoms with Gasteiger partial charge in [0.1, 0.15) is 5.75 Å². The van der Waals surface area contributed by atoms with Crippen LogP contribution in [0, 0.1) is 22.7 Å². The molecule has 0 radical (unpaired) electrons. The molecule has 5 rings (SSSR count). The fourth-order valence-corrected chi connectivity index (χ4v) is 7.28. The van der Waals surface area contributed by atoms with E-state index < -0.39 is 0 Å². The van der Waals surface area contributed by atoms with Crippen molar-refractivity contribution < 1.29 is 19.1 Å². The van der Waals surface area contributed by atoms with Crippen LogP contribution < -0.4 is 10.1 Å². The Kier molecular flexibility index (Phi) is 5.47. The van der Waals surface area contributed by atoms with Gasteiger partial charge in [-0.3, -0.25) is 9.59 Å². The summed E-state index contributed by atoms with van der Waals surface area (Å²) in [4.78, 5) is 26.2. The molecule has 1 aromatic carbocycles. The zero-order chi connectivity index (χ0) is 22.5. The number of nitrogens with zero attached hydrogens (tertiary/aromatic N) is 1. The Bertz CT molecular complexity index is 876. The largest absolute Gasteiger partial charge is 0.484 e. The molecule has 2 saturated heterocycles. The van der Waals surface area contributed by atoms with Crippen molar-refractivity contribution in [1.82, 2.24) is 10.2 Å². The van der Waals surface area contributed by atoms with Crippen LogP contribution in [0.25, 0.3) is 0 Å². The van der Waals surface area contributed by atoms with E-state index in [9.17, 15) is 9.59 Å². The fourth-order valence-electron chi connectivity index (χ4n) is 7.28. The molecule has 4 fully saturated rings. The highest BCUT2D eigenvalue weighted by molar-refractivity contribution is 5.78. The minimum absolute atomic E-state index is 0.0430. The number of carbonyl (C=O) groups excluding carboxylic acids is 2. The predicted molar refractivity (Wildman–Crippen MR) is 121 cm³/mol. The number of hydrogen-bond donors (Lipinski definition) is 1. The minimum Gasteiger partial charge on any atom is -0.484 e. The average molecular weight is 441 g/mol. The first-order chi connectivity index (χ1) is 15.3. The summed E-state index contributed by atoms with van der Waals surface area (Å²) in [6.07, 6.45) is 5.56. The molecule has 0 unspecified atom stereocenters. The number of benzene rings is 1. The van der Waals surface area contributed by atoms with Crippen LogP contribution in [0.5, 0.6) is 5.75 Å². The van der Waals surface area contributed by atoms with Crippen LogP contribution in [-0.2, 0) is 14.3 Å². The summed E-state index contributed by atoms with van der Waals surface area (Å²) < 4.78 is 12.1. The summed E-state index contributed by atoms with van der Waals surface area (Å²) in [7, 11) is 0. The van der Waals surface area contributed by atoms with Gasteiger partial charge in [-0.15, -0.1) is 0 Å². The molecule has 5 atom stereocenters. The second kappa shape index (κ2) is 8.05. The third-order valence-corrected chi connectivity index (χ3v) is 8.88. The first-order valence-electron chi connectivity index (χ1n) is 12.2. The van der Waals surface area contributed by atoms with Crippen molar-refractivity contribution in [3.63, 3.8) is 0 Å². The number of rotatable bonds is 5. The highest BCUT2D eigenvalue weighted by Crippen LogP contribution is 2.70. The Hall–Kier alpha value is -2.08. The molecule has 4 aliphatic rings. The third-order valence-electron chi connectivity index (χ3n) is 8.88. The lowest BCUT2D eigenvalue weighted by atomic mass is 9.59. The molecule has 32 heavy (non-hydrogen) atoms. The lowest BCUT2D eigenvalue weighted by molar-refractivity contribution is -0.136. The Morgan fingerprint density at radius 3 is 2.59 bits per heavy atom. The van der Waals surface area contributed by atoms with E-state index in [1.807, 2.05) is 17.0 Å². The molecule has 2 aliphatic carbocycles. The van der Waals surface area contributed by atoms with E-state index in [2.05, 4.69) is 31.3 Å². The normalized spacial score (nSPS) is 34.9. The van der Waals surface area contributed by atoms with E-state index in [-0.39, 0.29) is 41.4 Å². The molecule has 2 heterocycles. The van der Waals surface area contributed by atoms with Gasteiger partial charge in [0.15, 0.2) is 6.61 Å². The molecule has 1 spiro atoms. The van der Waals surface area contributed by atoms with Crippen LogP contribution in [0.3, 0.4) is 0 Å². The van der Waals surface area contributed by atoms with Gasteiger partial charge < -0.3 is 19.7 Å². The summed E-state index contributed by atoms with van der Waals surface area (Å²) in [5.74, 6) is 1.87. The maximum atomic E-state index is 12.2. The zero-order valence-corrected chi connectivity index (χ0v) is 19.6. The van der Waals surface area contributed by atoms with E-state index in [1.54, 1.807) is 6.92 Å². The maximum absolute atomic E-state index is 12.2. The van der Waals surface area contributed by atoms with Crippen LogP contribution in [0.2, 0.25) is 0 Å². The Morgan fingerprint density at radius 2 is 1.91 bits per heavy atom. The van der Waals surface area contributed by atoms with E-state index in [0.717, 1.165) is 51.1 Å². The van der Waals surface area contributed by atoms with Gasteiger partial charge in [0.2, 0.25) is 5.91 Å². The van der Waals surface area contributed by atoms with Crippen LogP contribution in [0.15, 0.2) is 24.3 Å². The van der Waals surface area contributed by atoms with Crippen molar-refractivity contribution in [3.05, 3.63) is 29.8 Å². The summed E-state index contributed by atoms with van der Waals surface area (Å²) >= 11 is 0. The quantitative estimate of drug-likeness (QED) is 0.758. The van der Waals surface area contributed by atoms with Crippen molar-refractivity contribution in [2.24, 2.45) is 22.7 Å². The average Bonchev–Trinajstić information content (AvgIpc) is 3.47. The molecule has 6 heteroatoms. The van der Waals surface area contributed by atoms with Gasteiger partial charge in [-0.1, -0.05) is 26.0 Å². The van der Waals surface area contributed by atoms with Crippen LogP contribution >= 0.6 is 0 Å². The SMILES string of the molecule is CC(=O)N[C@H]1C(C)(C)[C@@H]2C[C@@H]3[C@@H](c4ccc(OCC(=O)N5CCCC5)cc4)OCC[C@@]31C2. The molecule has 2 saturated carbocycles. The van der Waals surface area contributed by atoms with Gasteiger partial charge in [-0.2, -0.15) is 0 Å². The summed E-state index contributed by atoms with van der Waals surface area (Å²) in [5, 5.41) is 3.33. The van der Waals surface area contributed by atoms with Crippen molar-refractivity contribution in [2.75, 3.05) is 26.3 Å². The molecule has 2 aliphatic heterocycles. The topological polar surface area (TPSA) is 67.9 Å². The first-order valence-corrected chi connectivity index (χ1v) is 12.2. The fraction of sp³-hybridized carbons (Fsp3) is 0.692. The molecule has 2 bridgehead atoms. The number of hydrogen-bond acceptors (Lipinski definition) is 4. The molecule has 1 aromatic rings. The Labute approximate surface area is 191 Å². The molecule has 1 N–H and O–H groups in total. The van der Waals surface area contributed by atoms with E-state index in [1.165, 1.54) is 12.0 Å². The van der Waals surface area contributed by atoms with Crippen molar-refractivity contribution >= 4 is 11.8 Å². The van der Waals surface area contributed by atoms with E-state index >= 15 is 0 Å². The first kappa shape index (κ1) is 21.7. The van der Waals surface area contributed by atoms with Gasteiger partial charge >= 0.3 is 0 Å². The van der Waals surface area contributed by atoms with Gasteiger partial charge in [0, 0.05) is 32.7 Å². The number of likely N-dealkylation sites (tertiary alicyclic amines) is 1. The monoisotopic (exact) mass is 440 g/mol. The standard InChI is InChI=1S/C26H36N2O4/c1-17(29)27-24-25(2,3)19-14-21-23(31-13-10-26(21,24)15-19)18-6-8-20(9-7-18)32-16-22(30)28-11-4-5-12-28/h6-9,19,21,23-24H,4-5,10-16H2,1-3H3,(H,27,29)/t19-,21-,23-,24+,26-/m1/s1. The Morgan fingerprint density at radius 1 is 1.19 bits per heavy atom. The van der Waals surface area contributed by atoms with Gasteiger partial charge in [0.25, 0.3) is 5.91 Å². The van der Waals surface area contributed by atoms with E-state index in [4.69, 9.17) is 9.47 Å². The molecular weight excluding hydrogens is 404 g/mol. The van der Waals surface area contributed by atoms with Gasteiger partial charge in [0.05, 0.1) is 6.10 Å². The lowest BCUT2D eigenvalue weighted by Crippen LogP contribution is -2.58. The van der Waals surface area contributed by atoms with E-state index in [0.29, 0.717) is 11.8 Å². The Balaban J connectivity index is 1.29. The van der Waals surface area contributed by atoms with Crippen LogP contribution in [0.4, 0.5) is 0 Å². The highest BCUT2D eigenvalue weighted by Gasteiger charge is 2.68. The second-order valence-corrected chi connectivity index (χ2v) is 10.9. The molecule has 6 nitrogen and oxygen atoms in total. The van der Waals surface area contributed by atoms with Crippen molar-refractivity contribution in [1.29, 1.82) is 0 Å². The smallest absolute Gasteiger partial charge is 0.260 e. The minimum atomic E-state index is 0.0430. The molecule has 0 aromatic heterocycles. The number of nitrogens with one attached hydrogen (secondary N) is 1. The van der Waals surface area contributed by atoms with Gasteiger partial charge in [-0.05, 0) is 72.5 Å². The maximum Gasteiger partial charge on any atom is 0.260 e. The molecular formula is C26H36N2O4. The lowest BCUT2D eigenvalue weighted by Gasteiger charge is -2.53. The second-order valence-electron chi connectivity index (χ2n) is 10.9. The molecule has 174 valence electrons. The number of amides is 2. The zero-order valence-electron chi connectivity index (χ0n) is 19.6. The van der Waals surface area contributed by atoms with Gasteiger partial charge in [-0.25, -0.2) is 0 Å². The van der Waals surface area contributed by atoms with Crippen LogP contribution in [-0.4, -0.2) is 49.1 Å². The van der Waals surface area contributed by atoms with Crippen molar-refractivity contribution in [2.45, 2.75) is 65.0 Å². The summed E-state index contributed by atoms with van der Waals surface area (Å²) in [5.41, 5.74) is 1.39. The summed E-state index contributed by atoms with van der Waals surface area (Å²) in [6, 6.07) is 8.29. The molecule has 2 amide bonds. The number of carbonyl (C=O) groups is 2. The van der Waals surface area contributed by atoms with Crippen molar-refractivity contribution in [3.8, 4) is 5.75 Å². The predicted octanol–water partition coefficient (Wildman–Crippen LogP) is 3.71. The number of fused-ring (bicyclic) bond motifs is 1.